The summed E-state index contributed by atoms with van der Waals surface area (Å²) in [5.74, 6) is -0.222. The highest BCUT2D eigenvalue weighted by Crippen LogP contribution is 2.30. The van der Waals surface area contributed by atoms with Crippen molar-refractivity contribution in [1.29, 1.82) is 0 Å². The minimum atomic E-state index is -0.417. The lowest BCUT2D eigenvalue weighted by molar-refractivity contribution is -0.146. The molecule has 4 nitrogen and oxygen atoms in total. The fourth-order valence-corrected chi connectivity index (χ4v) is 2.68. The van der Waals surface area contributed by atoms with E-state index in [1.165, 1.54) is 0 Å². The smallest absolute Gasteiger partial charge is 0.329 e. The first-order valence-corrected chi connectivity index (χ1v) is 7.68. The summed E-state index contributed by atoms with van der Waals surface area (Å²) >= 11 is 1.61. The molecule has 1 aromatic heterocycles. The van der Waals surface area contributed by atoms with E-state index < -0.39 is 6.04 Å². The Labute approximate surface area is 118 Å². The number of nitrogens with zero attached hydrogens (tertiary/aromatic N) is 1. The molecule has 1 saturated carbocycles. The minimum absolute atomic E-state index is 0.0156. The second kappa shape index (κ2) is 5.59. The van der Waals surface area contributed by atoms with E-state index in [1.807, 2.05) is 12.3 Å². The molecular formula is C14H22N2O2S. The lowest BCUT2D eigenvalue weighted by Crippen LogP contribution is -2.32. The normalized spacial score (nSPS) is 17.3. The summed E-state index contributed by atoms with van der Waals surface area (Å²) in [6, 6.07) is 0.0222. The number of hydrogen-bond donors (Lipinski definition) is 1. The Balaban J connectivity index is 2.16. The highest BCUT2D eigenvalue weighted by atomic mass is 32.1. The summed E-state index contributed by atoms with van der Waals surface area (Å²) in [5, 5.41) is 6.35. The van der Waals surface area contributed by atoms with Gasteiger partial charge in [0.25, 0.3) is 0 Å². The lowest BCUT2D eigenvalue weighted by Gasteiger charge is -2.16. The molecule has 106 valence electrons. The maximum Gasteiger partial charge on any atom is 0.329 e. The number of aromatic nitrogens is 1. The van der Waals surface area contributed by atoms with Gasteiger partial charge in [-0.1, -0.05) is 20.8 Å². The van der Waals surface area contributed by atoms with Crippen LogP contribution in [0.1, 0.15) is 57.3 Å². The average molecular weight is 282 g/mol. The molecule has 0 saturated heterocycles. The number of carbonyl (C=O) groups is 1. The summed E-state index contributed by atoms with van der Waals surface area (Å²) in [6.45, 7) is 8.61. The predicted molar refractivity (Wildman–Crippen MR) is 76.3 cm³/mol. The van der Waals surface area contributed by atoms with Gasteiger partial charge in [-0.2, -0.15) is 0 Å². The maximum atomic E-state index is 12.0. The van der Waals surface area contributed by atoms with Crippen LogP contribution in [0.4, 0.5) is 0 Å². The highest BCUT2D eigenvalue weighted by molar-refractivity contribution is 7.09. The Morgan fingerprint density at radius 2 is 2.26 bits per heavy atom. The topological polar surface area (TPSA) is 51.2 Å². The molecule has 0 aromatic carbocycles. The van der Waals surface area contributed by atoms with E-state index in [9.17, 15) is 4.79 Å². The molecule has 1 atom stereocenters. The number of rotatable bonds is 5. The molecule has 0 spiro atoms. The molecule has 0 aliphatic heterocycles. The highest BCUT2D eigenvalue weighted by Gasteiger charge is 2.32. The van der Waals surface area contributed by atoms with Crippen LogP contribution in [0.2, 0.25) is 0 Å². The van der Waals surface area contributed by atoms with Crippen LogP contribution in [0.15, 0.2) is 5.38 Å². The first-order chi connectivity index (χ1) is 8.91. The van der Waals surface area contributed by atoms with Gasteiger partial charge in [0.15, 0.2) is 0 Å². The van der Waals surface area contributed by atoms with Crippen LogP contribution in [0.3, 0.4) is 0 Å². The standard InChI is InChI=1S/C14H22N2O2S/c1-5-18-12(17)11(15-9-6-7-9)10-8-19-13(16-10)14(2,3)4/h8-9,11,15H,5-7H2,1-4H3. The fourth-order valence-electron chi connectivity index (χ4n) is 1.75. The van der Waals surface area contributed by atoms with Crippen molar-refractivity contribution in [2.45, 2.75) is 58.0 Å². The molecule has 1 aliphatic rings. The maximum absolute atomic E-state index is 12.0. The zero-order valence-corrected chi connectivity index (χ0v) is 12.8. The second-order valence-corrected chi connectivity index (χ2v) is 6.81. The summed E-state index contributed by atoms with van der Waals surface area (Å²) < 4.78 is 5.15. The molecule has 0 radical (unpaired) electrons. The molecular weight excluding hydrogens is 260 g/mol. The molecule has 2 rings (SSSR count). The summed E-state index contributed by atoms with van der Waals surface area (Å²) in [7, 11) is 0. The third-order valence-electron chi connectivity index (χ3n) is 2.96. The van der Waals surface area contributed by atoms with E-state index in [4.69, 9.17) is 4.74 Å². The Kier molecular flexibility index (Phi) is 4.26. The largest absolute Gasteiger partial charge is 0.465 e. The van der Waals surface area contributed by atoms with E-state index in [0.29, 0.717) is 12.6 Å². The van der Waals surface area contributed by atoms with E-state index in [2.05, 4.69) is 31.1 Å². The monoisotopic (exact) mass is 282 g/mol. The molecule has 19 heavy (non-hydrogen) atoms. The van der Waals surface area contributed by atoms with Gasteiger partial charge in [0.05, 0.1) is 17.3 Å². The number of esters is 1. The van der Waals surface area contributed by atoms with Gasteiger partial charge in [-0.15, -0.1) is 11.3 Å². The first-order valence-electron chi connectivity index (χ1n) is 6.80. The van der Waals surface area contributed by atoms with Crippen LogP contribution in [0, 0.1) is 0 Å². The zero-order valence-electron chi connectivity index (χ0n) is 12.0. The second-order valence-electron chi connectivity index (χ2n) is 5.95. The first kappa shape index (κ1) is 14.5. The molecule has 1 N–H and O–H groups in total. The Bertz CT molecular complexity index is 447. The molecule has 5 heteroatoms. The van der Waals surface area contributed by atoms with Gasteiger partial charge in [-0.25, -0.2) is 9.78 Å². The van der Waals surface area contributed by atoms with Gasteiger partial charge < -0.3 is 4.74 Å². The molecule has 1 unspecified atom stereocenters. The Hall–Kier alpha value is -0.940. The van der Waals surface area contributed by atoms with Gasteiger partial charge in [0, 0.05) is 16.8 Å². The van der Waals surface area contributed by atoms with Crippen LogP contribution in [-0.4, -0.2) is 23.6 Å². The lowest BCUT2D eigenvalue weighted by atomic mass is 9.98. The third kappa shape index (κ3) is 3.76. The Morgan fingerprint density at radius 1 is 1.58 bits per heavy atom. The molecule has 0 bridgehead atoms. The van der Waals surface area contributed by atoms with Crippen LogP contribution >= 0.6 is 11.3 Å². The van der Waals surface area contributed by atoms with Gasteiger partial charge in [-0.05, 0) is 19.8 Å². The van der Waals surface area contributed by atoms with Gasteiger partial charge in [0.2, 0.25) is 0 Å². The van der Waals surface area contributed by atoms with Crippen molar-refractivity contribution in [1.82, 2.24) is 10.3 Å². The van der Waals surface area contributed by atoms with Crippen LogP contribution < -0.4 is 5.32 Å². The van der Waals surface area contributed by atoms with E-state index in [1.54, 1.807) is 11.3 Å². The summed E-state index contributed by atoms with van der Waals surface area (Å²) in [5.41, 5.74) is 0.808. The zero-order chi connectivity index (χ0) is 14.0. The number of carbonyl (C=O) groups excluding carboxylic acids is 1. The van der Waals surface area contributed by atoms with E-state index in [-0.39, 0.29) is 11.4 Å². The van der Waals surface area contributed by atoms with Crippen molar-refractivity contribution in [3.8, 4) is 0 Å². The average Bonchev–Trinajstić information content (AvgIpc) is 2.99. The molecule has 1 heterocycles. The van der Waals surface area contributed by atoms with Gasteiger partial charge in [0.1, 0.15) is 6.04 Å². The molecule has 1 fully saturated rings. The SMILES string of the molecule is CCOC(=O)C(NC1CC1)c1csc(C(C)(C)C)n1. The van der Waals surface area contributed by atoms with E-state index in [0.717, 1.165) is 23.5 Å². The van der Waals surface area contributed by atoms with Crippen molar-refractivity contribution in [3.05, 3.63) is 16.1 Å². The van der Waals surface area contributed by atoms with Crippen LogP contribution in [-0.2, 0) is 14.9 Å². The van der Waals surface area contributed by atoms with Gasteiger partial charge >= 0.3 is 5.97 Å². The minimum Gasteiger partial charge on any atom is -0.465 e. The summed E-state index contributed by atoms with van der Waals surface area (Å²) in [4.78, 5) is 16.7. The molecule has 1 aromatic rings. The summed E-state index contributed by atoms with van der Waals surface area (Å²) in [6.07, 6.45) is 2.26. The van der Waals surface area contributed by atoms with Crippen molar-refractivity contribution >= 4 is 17.3 Å². The van der Waals surface area contributed by atoms with Crippen molar-refractivity contribution in [2.75, 3.05) is 6.61 Å². The van der Waals surface area contributed by atoms with Crippen molar-refractivity contribution < 1.29 is 9.53 Å². The van der Waals surface area contributed by atoms with E-state index >= 15 is 0 Å². The molecule has 1 aliphatic carbocycles. The molecule has 0 amide bonds. The fraction of sp³-hybridized carbons (Fsp3) is 0.714. The Morgan fingerprint density at radius 3 is 2.74 bits per heavy atom. The van der Waals surface area contributed by atoms with Gasteiger partial charge in [-0.3, -0.25) is 5.32 Å². The van der Waals surface area contributed by atoms with Crippen LogP contribution in [0.25, 0.3) is 0 Å². The number of hydrogen-bond acceptors (Lipinski definition) is 5. The predicted octanol–water partition coefficient (Wildman–Crippen LogP) is 2.80. The number of nitrogens with one attached hydrogen (secondary N) is 1. The van der Waals surface area contributed by atoms with Crippen molar-refractivity contribution in [2.24, 2.45) is 0 Å². The van der Waals surface area contributed by atoms with Crippen LogP contribution in [0.5, 0.6) is 0 Å². The number of thiazole rings is 1. The third-order valence-corrected chi connectivity index (χ3v) is 4.25. The van der Waals surface area contributed by atoms with Crippen molar-refractivity contribution in [3.63, 3.8) is 0 Å². The number of ether oxygens (including phenoxy) is 1. The quantitative estimate of drug-likeness (QED) is 0.844.